The maximum absolute atomic E-state index is 10.8. The molecular weight excluding hydrogens is 2170 g/mol. The van der Waals surface area contributed by atoms with Gasteiger partial charge < -0.3 is 108 Å². The van der Waals surface area contributed by atoms with E-state index in [0.29, 0.717) is 0 Å². The number of hydrogen-bond donors (Lipinski definition) is 0. The van der Waals surface area contributed by atoms with E-state index >= 15 is 0 Å². The number of benzene rings is 14. The number of carboxylic acids is 6. The van der Waals surface area contributed by atoms with Crippen LogP contribution in [-0.2, 0) is 43.2 Å². The minimum absolute atomic E-state index is 0. The second-order valence-corrected chi connectivity index (χ2v) is 33.7. The number of carbonyl (C=O) groups excluding carboxylic acids is 9. The summed E-state index contributed by atoms with van der Waals surface area (Å²) in [6.45, 7) is 9.75. The molecule has 0 unspecified atom stereocenters. The molecule has 0 fully saturated rings. The fourth-order valence-electron chi connectivity index (χ4n) is 14.0. The van der Waals surface area contributed by atoms with Crippen LogP contribution >= 0.6 is 0 Å². The summed E-state index contributed by atoms with van der Waals surface area (Å²) >= 11 is 0. The molecule has 18 aromatic rings. The van der Waals surface area contributed by atoms with E-state index in [2.05, 4.69) is 68.5 Å². The minimum atomic E-state index is -1.06. The topological polar surface area (TPSA) is 440 Å². The SMILES string of the molecule is CN(C)C=O.CN(C)C=O.CN(C)C=O.COc1ccc2cc([C@@H](C)C(=O)[O-])ccc2c1.COc1ccc2cc([C@@H](C)C(=O)[O-])ccc2c1.COc1ccc2cc([C@@H](C)C(=O)[O-])ccc2c1.COc1ccc2cc([C@@H](C)C(=O)[O-])ccc2c1.COc1ccc2cc([C@@H](C)C(=O)[O-])ccc2c1.COc1ccc2cc([C@@H](C)C(=O)[O-])ccc2c1.O.[Tb+3].[Tb+3].c1cnc2c(c1)ccc1cccnc12.c1cnc2c(c1)ccc1cccnc12. The Hall–Kier alpha value is -15.2. The molecule has 29 nitrogen and oxygen atoms in total. The van der Waals surface area contributed by atoms with E-state index in [1.807, 2.05) is 243 Å². The molecule has 31 heteroatoms. The van der Waals surface area contributed by atoms with Crippen molar-refractivity contribution >= 4 is 163 Å². The summed E-state index contributed by atoms with van der Waals surface area (Å²) in [5, 5.41) is 81.5. The van der Waals surface area contributed by atoms with E-state index in [4.69, 9.17) is 28.4 Å². The van der Waals surface area contributed by atoms with Crippen molar-refractivity contribution < 1.29 is 185 Å². The number of aliphatic carboxylic acids is 6. The van der Waals surface area contributed by atoms with Gasteiger partial charge in [-0.15, -0.1) is 0 Å². The largest absolute Gasteiger partial charge is 3.00 e. The molecule has 6 atom stereocenters. The molecule has 4 heterocycles. The van der Waals surface area contributed by atoms with Crippen LogP contribution in [0.4, 0.5) is 0 Å². The molecule has 0 aliphatic heterocycles. The van der Waals surface area contributed by atoms with Gasteiger partial charge in [0, 0.05) is 160 Å². The fourth-order valence-corrected chi connectivity index (χ4v) is 14.0. The Morgan fingerprint density at radius 1 is 0.223 bits per heavy atom. The molecule has 4 aromatic heterocycles. The number of ether oxygens (including phenoxy) is 6. The molecule has 0 spiro atoms. The zero-order valence-electron chi connectivity index (χ0n) is 85.1. The van der Waals surface area contributed by atoms with Gasteiger partial charge in [-0.05, 0) is 195 Å². The van der Waals surface area contributed by atoms with E-state index in [-0.39, 0.29) is 82.7 Å². The number of rotatable bonds is 21. The molecule has 0 saturated carbocycles. The van der Waals surface area contributed by atoms with E-state index in [1.165, 1.54) is 14.7 Å². The van der Waals surface area contributed by atoms with Gasteiger partial charge >= 0.3 is 77.2 Å². The van der Waals surface area contributed by atoms with Gasteiger partial charge in [-0.3, -0.25) is 34.3 Å². The Morgan fingerprint density at radius 2 is 0.345 bits per heavy atom. The summed E-state index contributed by atoms with van der Waals surface area (Å²) in [6, 6.07) is 91.9. The molecule has 3 amide bonds. The zero-order chi connectivity index (χ0) is 106. The van der Waals surface area contributed by atoms with E-state index in [1.54, 1.807) is 151 Å². The molecule has 0 aliphatic carbocycles. The van der Waals surface area contributed by atoms with Crippen molar-refractivity contribution in [2.24, 2.45) is 0 Å². The minimum Gasteiger partial charge on any atom is -0.550 e. The number of pyridine rings is 4. The molecule has 148 heavy (non-hydrogen) atoms. The molecular formula is C117H117N7O22Tb2. The number of carboxylic acid groups (broad SMARTS) is 6. The predicted octanol–water partition coefficient (Wildman–Crippen LogP) is 14.1. The van der Waals surface area contributed by atoms with Crippen LogP contribution in [0.5, 0.6) is 34.5 Å². The Labute approximate surface area is 920 Å². The van der Waals surface area contributed by atoms with E-state index < -0.39 is 71.3 Å². The summed E-state index contributed by atoms with van der Waals surface area (Å²) < 4.78 is 30.8. The first kappa shape index (κ1) is 123. The molecule has 0 radical (unpaired) electrons. The van der Waals surface area contributed by atoms with Crippen molar-refractivity contribution in [2.75, 3.05) is 84.9 Å². The Morgan fingerprint density at radius 3 is 0.466 bits per heavy atom. The summed E-state index contributed by atoms with van der Waals surface area (Å²) in [6.07, 6.45) is 9.46. The summed E-state index contributed by atoms with van der Waals surface area (Å²) in [5.41, 5.74) is 8.42. The number of nitrogens with zero attached hydrogens (tertiary/aromatic N) is 7. The van der Waals surface area contributed by atoms with Crippen LogP contribution in [0.2, 0.25) is 0 Å². The standard InChI is InChI=1S/6C14H14O3.2C12H8N2.3C3H7NO.H2O.2Tb/c6*1-9(14(15)16)10-3-4-12-8-13(17-2)6-5-11(12)7-10;2*1-3-9-5-6-10-4-2-8-14-12(10)11(9)13-7-1;3*1-4(2)3-5;;;/h6*3-9H,1-2H3,(H,15,16);2*1-8H;3*3H,1-2H3;1H2;;/q;;;;;;;;;;;;2*+3/p-6/t6*9-;;;;;;;;/m111111......../s1. The van der Waals surface area contributed by atoms with Gasteiger partial charge in [0.05, 0.1) is 64.7 Å². The number of methoxy groups -OCH3 is 6. The average Bonchev–Trinajstić information content (AvgIpc) is 0.791. The number of hydrogen-bond acceptors (Lipinski definition) is 25. The van der Waals surface area contributed by atoms with Crippen molar-refractivity contribution in [1.82, 2.24) is 34.6 Å². The third-order valence-corrected chi connectivity index (χ3v) is 22.9. The van der Waals surface area contributed by atoms with Gasteiger partial charge in [0.25, 0.3) is 0 Å². The first-order valence-electron chi connectivity index (χ1n) is 45.6. The van der Waals surface area contributed by atoms with Gasteiger partial charge in [0.2, 0.25) is 19.2 Å². The smallest absolute Gasteiger partial charge is 0.550 e. The van der Waals surface area contributed by atoms with Gasteiger partial charge in [-0.2, -0.15) is 0 Å². The van der Waals surface area contributed by atoms with Crippen molar-refractivity contribution in [3.8, 4) is 34.5 Å². The second kappa shape index (κ2) is 62.0. The predicted molar refractivity (Wildman–Crippen MR) is 560 cm³/mol. The molecule has 14 aromatic carbocycles. The number of aromatic nitrogens is 4. The van der Waals surface area contributed by atoms with Crippen LogP contribution in [0.25, 0.3) is 108 Å². The zero-order valence-corrected chi connectivity index (χ0v) is 89.4. The van der Waals surface area contributed by atoms with E-state index in [9.17, 15) is 73.8 Å². The van der Waals surface area contributed by atoms with Crippen molar-refractivity contribution in [3.05, 3.63) is 349 Å². The molecule has 0 saturated heterocycles. The summed E-state index contributed by atoms with van der Waals surface area (Å²) in [7, 11) is 19.8. The quantitative estimate of drug-likeness (QED) is 0.0476. The number of carbonyl (C=O) groups is 9. The maximum atomic E-state index is 10.8. The third kappa shape index (κ3) is 36.8. The number of amides is 3. The molecule has 18 rings (SSSR count). The van der Waals surface area contributed by atoms with Crippen molar-refractivity contribution in [1.29, 1.82) is 0 Å². The Bertz CT molecular complexity index is 6450. The molecule has 2 N–H and O–H groups in total. The van der Waals surface area contributed by atoms with Gasteiger partial charge in [0.1, 0.15) is 34.5 Å². The van der Waals surface area contributed by atoms with Crippen molar-refractivity contribution in [2.45, 2.75) is 77.0 Å². The normalized spacial score (nSPS) is 11.3. The molecule has 0 aliphatic rings. The maximum Gasteiger partial charge on any atom is 3.00 e. The fraction of sp³-hybridized carbons (Fsp3) is 0.205. The first-order chi connectivity index (χ1) is 69.4. The van der Waals surface area contributed by atoms with E-state index in [0.717, 1.165) is 195 Å². The van der Waals surface area contributed by atoms with Gasteiger partial charge in [-0.1, -0.05) is 236 Å². The van der Waals surface area contributed by atoms with Gasteiger partial charge in [-0.25, -0.2) is 0 Å². The Balaban J connectivity index is 0.000000291. The van der Waals surface area contributed by atoms with Crippen LogP contribution in [0.1, 0.15) is 110 Å². The average molecular weight is 2290 g/mol. The van der Waals surface area contributed by atoms with Crippen LogP contribution in [0.15, 0.2) is 316 Å². The third-order valence-electron chi connectivity index (χ3n) is 22.9. The first-order valence-corrected chi connectivity index (χ1v) is 45.6. The molecule has 0 bridgehead atoms. The molecule has 770 valence electrons. The number of fused-ring (bicyclic) bond motifs is 12. The summed E-state index contributed by atoms with van der Waals surface area (Å²) in [4.78, 5) is 115. The summed E-state index contributed by atoms with van der Waals surface area (Å²) in [5.74, 6) is -5.18. The second-order valence-electron chi connectivity index (χ2n) is 33.7. The van der Waals surface area contributed by atoms with Crippen LogP contribution in [-0.4, -0.2) is 180 Å². The van der Waals surface area contributed by atoms with Crippen LogP contribution in [0, 0.1) is 77.2 Å². The van der Waals surface area contributed by atoms with Gasteiger partial charge in [0.15, 0.2) is 0 Å². The monoisotopic (exact) mass is 2290 g/mol. The van der Waals surface area contributed by atoms with Crippen LogP contribution in [0.3, 0.4) is 0 Å². The Kier molecular flexibility index (Phi) is 51.6. The van der Waals surface area contributed by atoms with Crippen molar-refractivity contribution in [3.63, 3.8) is 0 Å². The van der Waals surface area contributed by atoms with Crippen LogP contribution < -0.4 is 59.1 Å².